The quantitative estimate of drug-likeness (QED) is 0.812. The zero-order valence-electron chi connectivity index (χ0n) is 18.5. The summed E-state index contributed by atoms with van der Waals surface area (Å²) in [6, 6.07) is 3.09. The molecule has 2 fully saturated rings. The number of rotatable bonds is 4. The molecule has 2 saturated heterocycles. The molecule has 0 aromatic heterocycles. The molecule has 2 heterocycles. The molecular formula is C23H33F2N3O2. The van der Waals surface area contributed by atoms with Gasteiger partial charge in [-0.15, -0.1) is 0 Å². The molecular weight excluding hydrogens is 388 g/mol. The monoisotopic (exact) mass is 421 g/mol. The molecule has 0 spiro atoms. The van der Waals surface area contributed by atoms with Crippen molar-refractivity contribution in [1.82, 2.24) is 15.1 Å². The van der Waals surface area contributed by atoms with Gasteiger partial charge in [-0.2, -0.15) is 0 Å². The Morgan fingerprint density at radius 1 is 1.17 bits per heavy atom. The highest BCUT2D eigenvalue weighted by molar-refractivity contribution is 5.90. The standard InChI is InChI=1S/C23H33F2N3O2/c1-14(2)26-21(29)20-7-6-10-28(20)22(30)18-13-27(23(3,4)5)12-17(18)16-9-8-15(24)11-19(16)25/h8-9,11,14,17-18,20H,6-7,10,12-13H2,1-5H3,(H,26,29)/t17-,18+,20-/m0/s1. The summed E-state index contributed by atoms with van der Waals surface area (Å²) in [4.78, 5) is 30.1. The van der Waals surface area contributed by atoms with E-state index in [2.05, 4.69) is 31.0 Å². The number of hydrogen-bond acceptors (Lipinski definition) is 3. The van der Waals surface area contributed by atoms with Crippen molar-refractivity contribution in [2.24, 2.45) is 5.92 Å². The van der Waals surface area contributed by atoms with E-state index in [-0.39, 0.29) is 29.3 Å². The van der Waals surface area contributed by atoms with Gasteiger partial charge >= 0.3 is 0 Å². The van der Waals surface area contributed by atoms with Gasteiger partial charge in [0.05, 0.1) is 5.92 Å². The van der Waals surface area contributed by atoms with Crippen molar-refractivity contribution in [1.29, 1.82) is 0 Å². The van der Waals surface area contributed by atoms with Crippen LogP contribution in [0, 0.1) is 17.6 Å². The lowest BCUT2D eigenvalue weighted by Crippen LogP contribution is -2.50. The fourth-order valence-corrected chi connectivity index (χ4v) is 4.62. The molecule has 5 nitrogen and oxygen atoms in total. The summed E-state index contributed by atoms with van der Waals surface area (Å²) in [6.45, 7) is 11.5. The second-order valence-corrected chi connectivity index (χ2v) is 9.81. The lowest BCUT2D eigenvalue weighted by molar-refractivity contribution is -0.141. The Morgan fingerprint density at radius 2 is 1.87 bits per heavy atom. The first kappa shape index (κ1) is 22.7. The third-order valence-corrected chi connectivity index (χ3v) is 6.22. The van der Waals surface area contributed by atoms with Crippen LogP contribution >= 0.6 is 0 Å². The molecule has 166 valence electrons. The lowest BCUT2D eigenvalue weighted by atomic mass is 9.87. The molecule has 0 radical (unpaired) electrons. The Morgan fingerprint density at radius 3 is 2.47 bits per heavy atom. The van der Waals surface area contributed by atoms with Crippen LogP contribution in [0.3, 0.4) is 0 Å². The zero-order chi connectivity index (χ0) is 22.2. The number of likely N-dealkylation sites (tertiary alicyclic amines) is 2. The van der Waals surface area contributed by atoms with Gasteiger partial charge in [-0.3, -0.25) is 14.5 Å². The van der Waals surface area contributed by atoms with Crippen LogP contribution in [0.4, 0.5) is 8.78 Å². The Balaban J connectivity index is 1.89. The summed E-state index contributed by atoms with van der Waals surface area (Å²) in [5.74, 6) is -2.36. The van der Waals surface area contributed by atoms with Crippen molar-refractivity contribution in [2.45, 2.75) is 71.0 Å². The average Bonchev–Trinajstić information content (AvgIpc) is 3.27. The second-order valence-electron chi connectivity index (χ2n) is 9.81. The van der Waals surface area contributed by atoms with Crippen molar-refractivity contribution in [2.75, 3.05) is 19.6 Å². The fourth-order valence-electron chi connectivity index (χ4n) is 4.62. The van der Waals surface area contributed by atoms with Crippen molar-refractivity contribution in [3.63, 3.8) is 0 Å². The van der Waals surface area contributed by atoms with E-state index in [4.69, 9.17) is 0 Å². The molecule has 3 atom stereocenters. The third kappa shape index (κ3) is 4.66. The van der Waals surface area contributed by atoms with Crippen LogP contribution < -0.4 is 5.32 Å². The molecule has 1 N–H and O–H groups in total. The van der Waals surface area contributed by atoms with Gasteiger partial charge in [0.2, 0.25) is 11.8 Å². The number of carbonyl (C=O) groups excluding carboxylic acids is 2. The van der Waals surface area contributed by atoms with Crippen LogP contribution in [0.1, 0.15) is 58.9 Å². The van der Waals surface area contributed by atoms with Gasteiger partial charge in [0.15, 0.2) is 0 Å². The van der Waals surface area contributed by atoms with E-state index in [1.165, 1.54) is 12.1 Å². The van der Waals surface area contributed by atoms with Gasteiger partial charge in [0, 0.05) is 43.2 Å². The molecule has 2 aliphatic heterocycles. The SMILES string of the molecule is CC(C)NC(=O)[C@@H]1CCCN1C(=O)[C@@H]1CN(C(C)(C)C)C[C@H]1c1ccc(F)cc1F. The minimum atomic E-state index is -0.630. The maximum absolute atomic E-state index is 14.6. The molecule has 1 aromatic rings. The van der Waals surface area contributed by atoms with Crippen molar-refractivity contribution < 1.29 is 18.4 Å². The Labute approximate surface area is 177 Å². The third-order valence-electron chi connectivity index (χ3n) is 6.22. The van der Waals surface area contributed by atoms with Gasteiger partial charge in [-0.1, -0.05) is 6.07 Å². The molecule has 0 bridgehead atoms. The van der Waals surface area contributed by atoms with E-state index in [0.29, 0.717) is 31.6 Å². The molecule has 2 aliphatic rings. The molecule has 3 rings (SSSR count). The second kappa shape index (κ2) is 8.61. The Kier molecular flexibility index (Phi) is 6.51. The topological polar surface area (TPSA) is 52.7 Å². The largest absolute Gasteiger partial charge is 0.352 e. The minimum Gasteiger partial charge on any atom is -0.352 e. The highest BCUT2D eigenvalue weighted by Gasteiger charge is 2.46. The molecule has 0 unspecified atom stereocenters. The molecule has 0 saturated carbocycles. The van der Waals surface area contributed by atoms with Crippen molar-refractivity contribution in [3.8, 4) is 0 Å². The number of benzene rings is 1. The number of nitrogens with zero attached hydrogens (tertiary/aromatic N) is 2. The first-order valence-corrected chi connectivity index (χ1v) is 10.8. The van der Waals surface area contributed by atoms with Crippen LogP contribution in [0.15, 0.2) is 18.2 Å². The number of halogens is 2. The van der Waals surface area contributed by atoms with E-state index < -0.39 is 23.6 Å². The number of nitrogens with one attached hydrogen (secondary N) is 1. The van der Waals surface area contributed by atoms with Crippen LogP contribution in [-0.2, 0) is 9.59 Å². The van der Waals surface area contributed by atoms with Crippen LogP contribution in [0.5, 0.6) is 0 Å². The van der Waals surface area contributed by atoms with E-state index in [1.807, 2.05) is 13.8 Å². The normalized spacial score (nSPS) is 25.2. The maximum atomic E-state index is 14.6. The first-order valence-electron chi connectivity index (χ1n) is 10.8. The Hall–Kier alpha value is -2.02. The molecule has 2 amide bonds. The van der Waals surface area contributed by atoms with E-state index in [0.717, 1.165) is 12.5 Å². The van der Waals surface area contributed by atoms with Gasteiger partial charge in [-0.05, 0) is 59.1 Å². The first-order chi connectivity index (χ1) is 14.0. The summed E-state index contributed by atoms with van der Waals surface area (Å²) >= 11 is 0. The highest BCUT2D eigenvalue weighted by Crippen LogP contribution is 2.39. The predicted octanol–water partition coefficient (Wildman–Crippen LogP) is 3.29. The van der Waals surface area contributed by atoms with E-state index in [9.17, 15) is 18.4 Å². The predicted molar refractivity (Wildman–Crippen MR) is 112 cm³/mol. The molecule has 1 aromatic carbocycles. The average molecular weight is 422 g/mol. The summed E-state index contributed by atoms with van der Waals surface area (Å²) in [6.07, 6.45) is 1.41. The van der Waals surface area contributed by atoms with Crippen LogP contribution in [0.25, 0.3) is 0 Å². The maximum Gasteiger partial charge on any atom is 0.243 e. The lowest BCUT2D eigenvalue weighted by Gasteiger charge is -2.32. The van der Waals surface area contributed by atoms with Gasteiger partial charge in [0.25, 0.3) is 0 Å². The van der Waals surface area contributed by atoms with Crippen LogP contribution in [-0.4, -0.2) is 58.9 Å². The van der Waals surface area contributed by atoms with Crippen molar-refractivity contribution >= 4 is 11.8 Å². The summed E-state index contributed by atoms with van der Waals surface area (Å²) in [5, 5.41) is 2.91. The van der Waals surface area contributed by atoms with Gasteiger partial charge in [-0.25, -0.2) is 8.78 Å². The Bertz CT molecular complexity index is 806. The number of amides is 2. The molecule has 30 heavy (non-hydrogen) atoms. The smallest absolute Gasteiger partial charge is 0.243 e. The molecule has 7 heteroatoms. The van der Waals surface area contributed by atoms with Gasteiger partial charge in [0.1, 0.15) is 17.7 Å². The van der Waals surface area contributed by atoms with E-state index in [1.54, 1.807) is 4.90 Å². The summed E-state index contributed by atoms with van der Waals surface area (Å²) in [7, 11) is 0. The molecule has 0 aliphatic carbocycles. The minimum absolute atomic E-state index is 0.000950. The fraction of sp³-hybridized carbons (Fsp3) is 0.652. The summed E-state index contributed by atoms with van der Waals surface area (Å²) < 4.78 is 28.1. The van der Waals surface area contributed by atoms with Crippen molar-refractivity contribution in [3.05, 3.63) is 35.4 Å². The highest BCUT2D eigenvalue weighted by atomic mass is 19.1. The number of carbonyl (C=O) groups is 2. The number of hydrogen-bond donors (Lipinski definition) is 1. The zero-order valence-corrected chi connectivity index (χ0v) is 18.5. The van der Waals surface area contributed by atoms with Gasteiger partial charge < -0.3 is 10.2 Å². The summed E-state index contributed by atoms with van der Waals surface area (Å²) in [5.41, 5.74) is 0.173. The van der Waals surface area contributed by atoms with Crippen LogP contribution in [0.2, 0.25) is 0 Å². The van der Waals surface area contributed by atoms with E-state index >= 15 is 0 Å².